The number of carbonyl (C=O) groups is 2. The van der Waals surface area contributed by atoms with E-state index in [1.54, 1.807) is 4.90 Å². The first-order chi connectivity index (χ1) is 11.2. The third-order valence-electron chi connectivity index (χ3n) is 3.91. The van der Waals surface area contributed by atoms with Crippen LogP contribution in [0.15, 0.2) is 42.5 Å². The zero-order valence-electron chi connectivity index (χ0n) is 13.1. The monoisotopic (exact) mass is 365 g/mol. The van der Waals surface area contributed by atoms with Crippen LogP contribution in [0.5, 0.6) is 0 Å². The molecule has 2 amide bonds. The average Bonchev–Trinajstić information content (AvgIpc) is 2.97. The smallest absolute Gasteiger partial charge is 0.240 e. The lowest BCUT2D eigenvalue weighted by Crippen LogP contribution is -2.41. The number of hydrogen-bond donors (Lipinski definition) is 2. The Bertz CT molecular complexity index is 741. The number of fused-ring (bicyclic) bond motifs is 1. The van der Waals surface area contributed by atoms with Gasteiger partial charge in [0.05, 0.1) is 17.7 Å². The number of nitrogens with zero attached hydrogens (tertiary/aromatic N) is 1. The van der Waals surface area contributed by atoms with Gasteiger partial charge in [0.25, 0.3) is 0 Å². The highest BCUT2D eigenvalue weighted by atomic mass is 35.5. The van der Waals surface area contributed by atoms with E-state index < -0.39 is 0 Å². The Kier molecular flexibility index (Phi) is 6.48. The number of nitrogens with two attached hydrogens (primary N) is 1. The van der Waals surface area contributed by atoms with E-state index in [9.17, 15) is 9.59 Å². The van der Waals surface area contributed by atoms with E-state index in [-0.39, 0.29) is 36.8 Å². The molecule has 0 bridgehead atoms. The van der Waals surface area contributed by atoms with Crippen LogP contribution in [0.4, 0.5) is 0 Å². The van der Waals surface area contributed by atoms with Gasteiger partial charge in [-0.1, -0.05) is 36.4 Å². The van der Waals surface area contributed by atoms with Crippen molar-refractivity contribution in [3.63, 3.8) is 0 Å². The van der Waals surface area contributed by atoms with Crippen LogP contribution in [-0.4, -0.2) is 41.4 Å². The summed E-state index contributed by atoms with van der Waals surface area (Å²) in [6.45, 7) is 0.405. The summed E-state index contributed by atoms with van der Waals surface area (Å²) in [5, 5.41) is 5.19. The Morgan fingerprint density at radius 1 is 1.25 bits per heavy atom. The van der Waals surface area contributed by atoms with E-state index >= 15 is 0 Å². The second kappa shape index (κ2) is 8.37. The molecule has 3 N–H and O–H groups in total. The Balaban J connectivity index is 0.00000208. The summed E-state index contributed by atoms with van der Waals surface area (Å²) in [5.41, 5.74) is 6.81. The molecule has 1 unspecified atom stereocenters. The maximum atomic E-state index is 12.2. The van der Waals surface area contributed by atoms with Crippen LogP contribution < -0.4 is 11.1 Å². The van der Waals surface area contributed by atoms with Crippen LogP contribution in [0, 0.1) is 0 Å². The molecule has 1 heterocycles. The lowest BCUT2D eigenvalue weighted by Gasteiger charge is -2.20. The highest BCUT2D eigenvalue weighted by molar-refractivity contribution is 8.00. The Hall–Kier alpha value is -1.76. The number of thioether (sulfide) groups is 1. The van der Waals surface area contributed by atoms with Crippen molar-refractivity contribution >= 4 is 46.8 Å². The number of nitrogens with one attached hydrogen (secondary N) is 1. The van der Waals surface area contributed by atoms with Crippen molar-refractivity contribution in [3.8, 4) is 0 Å². The first-order valence-electron chi connectivity index (χ1n) is 7.51. The Morgan fingerprint density at radius 3 is 2.67 bits per heavy atom. The van der Waals surface area contributed by atoms with Crippen LogP contribution in [-0.2, 0) is 9.59 Å². The molecule has 1 aliphatic rings. The van der Waals surface area contributed by atoms with Crippen molar-refractivity contribution in [2.45, 2.75) is 6.04 Å². The fourth-order valence-electron chi connectivity index (χ4n) is 2.66. The molecular formula is C17H20ClN3O2S. The van der Waals surface area contributed by atoms with E-state index in [2.05, 4.69) is 5.32 Å². The Morgan fingerprint density at radius 2 is 2.00 bits per heavy atom. The van der Waals surface area contributed by atoms with Gasteiger partial charge in [-0.15, -0.1) is 24.2 Å². The normalized spacial score (nSPS) is 15.2. The van der Waals surface area contributed by atoms with E-state index in [4.69, 9.17) is 5.73 Å². The number of rotatable bonds is 5. The van der Waals surface area contributed by atoms with Gasteiger partial charge in [0.1, 0.15) is 6.54 Å². The van der Waals surface area contributed by atoms with Gasteiger partial charge in [-0.2, -0.15) is 0 Å². The number of amides is 2. The molecule has 1 saturated heterocycles. The lowest BCUT2D eigenvalue weighted by atomic mass is 10.0. The molecule has 7 heteroatoms. The molecule has 2 aromatic rings. The van der Waals surface area contributed by atoms with Crippen molar-refractivity contribution < 1.29 is 9.59 Å². The summed E-state index contributed by atoms with van der Waals surface area (Å²) in [6, 6.07) is 13.9. The second-order valence-corrected chi connectivity index (χ2v) is 6.49. The maximum Gasteiger partial charge on any atom is 0.240 e. The molecular weight excluding hydrogens is 346 g/mol. The van der Waals surface area contributed by atoms with Crippen molar-refractivity contribution in [1.29, 1.82) is 0 Å². The summed E-state index contributed by atoms with van der Waals surface area (Å²) in [7, 11) is 0. The summed E-state index contributed by atoms with van der Waals surface area (Å²) < 4.78 is 0. The molecule has 128 valence electrons. The Labute approximate surface area is 151 Å². The van der Waals surface area contributed by atoms with E-state index in [0.29, 0.717) is 18.2 Å². The van der Waals surface area contributed by atoms with Crippen molar-refractivity contribution in [2.75, 3.05) is 24.7 Å². The SMILES string of the molecule is Cl.NCC(NC(=O)CN1CSCC1=O)c1ccc2ccccc2c1. The number of carbonyl (C=O) groups excluding carboxylic acids is 2. The first kappa shape index (κ1) is 18.6. The van der Waals surface area contributed by atoms with Crippen molar-refractivity contribution in [2.24, 2.45) is 5.73 Å². The van der Waals surface area contributed by atoms with Gasteiger partial charge in [0, 0.05) is 6.54 Å². The van der Waals surface area contributed by atoms with Crippen LogP contribution in [0.3, 0.4) is 0 Å². The molecule has 5 nitrogen and oxygen atoms in total. The quantitative estimate of drug-likeness (QED) is 0.848. The van der Waals surface area contributed by atoms with Gasteiger partial charge in [-0.3, -0.25) is 9.59 Å². The zero-order valence-corrected chi connectivity index (χ0v) is 14.7. The molecule has 0 aromatic heterocycles. The zero-order chi connectivity index (χ0) is 16.2. The number of hydrogen-bond acceptors (Lipinski definition) is 4. The minimum atomic E-state index is -0.252. The highest BCUT2D eigenvalue weighted by Crippen LogP contribution is 2.20. The van der Waals surface area contributed by atoms with E-state index in [0.717, 1.165) is 16.3 Å². The summed E-state index contributed by atoms with van der Waals surface area (Å²) >= 11 is 1.53. The topological polar surface area (TPSA) is 75.4 Å². The standard InChI is InChI=1S/C17H19N3O2S.ClH/c18-8-15(19-16(21)9-20-11-23-10-17(20)22)14-6-5-12-3-1-2-4-13(12)7-14;/h1-7,15H,8-11,18H2,(H,19,21);1H. The van der Waals surface area contributed by atoms with Crippen molar-refractivity contribution in [3.05, 3.63) is 48.0 Å². The first-order valence-corrected chi connectivity index (χ1v) is 8.66. The van der Waals surface area contributed by atoms with Gasteiger partial charge < -0.3 is 16.0 Å². The molecule has 0 aliphatic carbocycles. The van der Waals surface area contributed by atoms with Crippen LogP contribution in [0.1, 0.15) is 11.6 Å². The largest absolute Gasteiger partial charge is 0.346 e. The van der Waals surface area contributed by atoms with Gasteiger partial charge >= 0.3 is 0 Å². The molecule has 2 aromatic carbocycles. The summed E-state index contributed by atoms with van der Waals surface area (Å²) in [4.78, 5) is 25.3. The fraction of sp³-hybridized carbons (Fsp3) is 0.294. The van der Waals surface area contributed by atoms with Crippen LogP contribution >= 0.6 is 24.2 Å². The molecule has 1 fully saturated rings. The number of benzene rings is 2. The third kappa shape index (κ3) is 4.20. The predicted molar refractivity (Wildman–Crippen MR) is 100 cm³/mol. The average molecular weight is 366 g/mol. The molecule has 1 aliphatic heterocycles. The third-order valence-corrected chi connectivity index (χ3v) is 4.85. The lowest BCUT2D eigenvalue weighted by molar-refractivity contribution is -0.132. The molecule has 3 rings (SSSR count). The van der Waals surface area contributed by atoms with Crippen molar-refractivity contribution in [1.82, 2.24) is 10.2 Å². The fourth-order valence-corrected chi connectivity index (χ4v) is 3.56. The molecule has 1 atom stereocenters. The minimum Gasteiger partial charge on any atom is -0.346 e. The van der Waals surface area contributed by atoms with Crippen LogP contribution in [0.2, 0.25) is 0 Å². The molecule has 0 spiro atoms. The highest BCUT2D eigenvalue weighted by Gasteiger charge is 2.24. The summed E-state index contributed by atoms with van der Waals surface area (Å²) in [6.07, 6.45) is 0. The molecule has 24 heavy (non-hydrogen) atoms. The van der Waals surface area contributed by atoms with Gasteiger partial charge in [-0.05, 0) is 22.4 Å². The van der Waals surface area contributed by atoms with Gasteiger partial charge in [0.2, 0.25) is 11.8 Å². The predicted octanol–water partition coefficient (Wildman–Crippen LogP) is 1.91. The number of halogens is 1. The summed E-state index contributed by atoms with van der Waals surface area (Å²) in [5.74, 6) is 0.873. The van der Waals surface area contributed by atoms with Gasteiger partial charge in [-0.25, -0.2) is 0 Å². The van der Waals surface area contributed by atoms with Gasteiger partial charge in [0.15, 0.2) is 0 Å². The molecule has 0 saturated carbocycles. The van der Waals surface area contributed by atoms with E-state index in [1.165, 1.54) is 11.8 Å². The van der Waals surface area contributed by atoms with Crippen LogP contribution in [0.25, 0.3) is 10.8 Å². The maximum absolute atomic E-state index is 12.2. The van der Waals surface area contributed by atoms with E-state index in [1.807, 2.05) is 42.5 Å². The second-order valence-electron chi connectivity index (χ2n) is 5.53. The minimum absolute atomic E-state index is 0. The molecule has 0 radical (unpaired) electrons.